The smallest absolute Gasteiger partial charge is 0.151 e. The van der Waals surface area contributed by atoms with Crippen molar-refractivity contribution in [1.82, 2.24) is 15.3 Å². The molecule has 0 spiro atoms. The average Bonchev–Trinajstić information content (AvgIpc) is 3.28. The van der Waals surface area contributed by atoms with Gasteiger partial charge in [0.15, 0.2) is 5.15 Å². The molecule has 1 aromatic heterocycles. The Balaban J connectivity index is 1.54. The van der Waals surface area contributed by atoms with Gasteiger partial charge in [0, 0.05) is 19.0 Å². The molecule has 2 fully saturated rings. The molecule has 0 atom stereocenters. The van der Waals surface area contributed by atoms with Gasteiger partial charge in [0.2, 0.25) is 0 Å². The first kappa shape index (κ1) is 13.4. The molecule has 1 aromatic rings. The molecule has 2 aliphatic carbocycles. The third kappa shape index (κ3) is 3.51. The van der Waals surface area contributed by atoms with E-state index in [1.165, 1.54) is 38.5 Å². The Labute approximate surface area is 120 Å². The second-order valence-electron chi connectivity index (χ2n) is 6.14. The maximum Gasteiger partial charge on any atom is 0.151 e. The first-order valence-electron chi connectivity index (χ1n) is 7.74. The Bertz CT molecular complexity index is 409. The van der Waals surface area contributed by atoms with Gasteiger partial charge in [0.25, 0.3) is 0 Å². The fourth-order valence-corrected chi connectivity index (χ4v) is 3.08. The Morgan fingerprint density at radius 2 is 2.00 bits per heavy atom. The third-order valence-corrected chi connectivity index (χ3v) is 4.63. The minimum atomic E-state index is 0.656. The van der Waals surface area contributed by atoms with Crippen molar-refractivity contribution in [3.05, 3.63) is 16.7 Å². The zero-order valence-electron chi connectivity index (χ0n) is 11.7. The Hall–Kier alpha value is -0.540. The number of hydrogen-bond acceptors (Lipinski definition) is 2. The van der Waals surface area contributed by atoms with Crippen molar-refractivity contribution in [3.63, 3.8) is 0 Å². The molecule has 0 bridgehead atoms. The number of rotatable bonds is 8. The molecule has 0 amide bonds. The molecule has 0 unspecified atom stereocenters. The number of hydrogen-bond donors (Lipinski definition) is 2. The van der Waals surface area contributed by atoms with E-state index in [4.69, 9.17) is 11.6 Å². The van der Waals surface area contributed by atoms with Crippen molar-refractivity contribution in [1.29, 1.82) is 0 Å². The summed E-state index contributed by atoms with van der Waals surface area (Å²) in [6.45, 7) is 3.04. The standard InChI is InChI=1S/C15H24ClN3/c1-2-3-4-13-18-12(15(16)19-13)9-17-14(10-5-6-10)11-7-8-11/h10-11,14,17H,2-9H2,1H3,(H,18,19). The summed E-state index contributed by atoms with van der Waals surface area (Å²) >= 11 is 6.22. The predicted molar refractivity (Wildman–Crippen MR) is 78.3 cm³/mol. The first-order chi connectivity index (χ1) is 9.28. The van der Waals surface area contributed by atoms with E-state index < -0.39 is 0 Å². The van der Waals surface area contributed by atoms with Crippen LogP contribution in [0.4, 0.5) is 0 Å². The fraction of sp³-hybridized carbons (Fsp3) is 0.800. The second-order valence-corrected chi connectivity index (χ2v) is 6.50. The zero-order chi connectivity index (χ0) is 13.2. The largest absolute Gasteiger partial charge is 0.344 e. The van der Waals surface area contributed by atoms with E-state index in [9.17, 15) is 0 Å². The highest BCUT2D eigenvalue weighted by atomic mass is 35.5. The van der Waals surface area contributed by atoms with Crippen LogP contribution in [0.15, 0.2) is 0 Å². The average molecular weight is 282 g/mol. The number of nitrogens with zero attached hydrogens (tertiary/aromatic N) is 1. The molecule has 2 aliphatic rings. The first-order valence-corrected chi connectivity index (χ1v) is 8.12. The van der Waals surface area contributed by atoms with Crippen molar-refractivity contribution in [2.75, 3.05) is 0 Å². The predicted octanol–water partition coefficient (Wildman–Crippen LogP) is 3.68. The van der Waals surface area contributed by atoms with Crippen LogP contribution in [0.3, 0.4) is 0 Å². The van der Waals surface area contributed by atoms with Crippen molar-refractivity contribution < 1.29 is 0 Å². The van der Waals surface area contributed by atoms with Crippen LogP contribution in [0.5, 0.6) is 0 Å². The summed E-state index contributed by atoms with van der Waals surface area (Å²) in [6, 6.07) is 0.721. The van der Waals surface area contributed by atoms with Crippen LogP contribution < -0.4 is 5.32 Å². The SMILES string of the molecule is CCCCc1nc(Cl)c(CNC(C2CC2)C2CC2)[nH]1. The van der Waals surface area contributed by atoms with Gasteiger partial charge < -0.3 is 10.3 Å². The van der Waals surface area contributed by atoms with Crippen molar-refractivity contribution in [2.45, 2.75) is 64.5 Å². The van der Waals surface area contributed by atoms with Crippen LogP contribution in [0.1, 0.15) is 57.0 Å². The summed E-state index contributed by atoms with van der Waals surface area (Å²) in [5.74, 6) is 2.89. The molecular weight excluding hydrogens is 258 g/mol. The minimum Gasteiger partial charge on any atom is -0.344 e. The molecule has 0 aliphatic heterocycles. The van der Waals surface area contributed by atoms with E-state index in [1.54, 1.807) is 0 Å². The topological polar surface area (TPSA) is 40.7 Å². The van der Waals surface area contributed by atoms with Gasteiger partial charge in [-0.1, -0.05) is 24.9 Å². The highest BCUT2D eigenvalue weighted by Crippen LogP contribution is 2.44. The number of aryl methyl sites for hydroxylation is 1. The maximum absolute atomic E-state index is 6.22. The molecule has 1 heterocycles. The number of nitrogens with one attached hydrogen (secondary N) is 2. The molecule has 0 saturated heterocycles. The molecule has 2 N–H and O–H groups in total. The number of aromatic amines is 1. The summed E-state index contributed by atoms with van der Waals surface area (Å²) in [4.78, 5) is 7.80. The molecule has 3 nitrogen and oxygen atoms in total. The lowest BCUT2D eigenvalue weighted by molar-refractivity contribution is 0.413. The summed E-state index contributed by atoms with van der Waals surface area (Å²) in [5.41, 5.74) is 1.07. The van der Waals surface area contributed by atoms with Gasteiger partial charge in [-0.2, -0.15) is 0 Å². The van der Waals surface area contributed by atoms with Crippen molar-refractivity contribution >= 4 is 11.6 Å². The Morgan fingerprint density at radius 1 is 1.32 bits per heavy atom. The van der Waals surface area contributed by atoms with Gasteiger partial charge in [-0.3, -0.25) is 0 Å². The molecule has 0 aromatic carbocycles. The van der Waals surface area contributed by atoms with Crippen LogP contribution >= 0.6 is 11.6 Å². The minimum absolute atomic E-state index is 0.656. The normalized spacial score (nSPS) is 19.3. The number of H-pyrrole nitrogens is 1. The quantitative estimate of drug-likeness (QED) is 0.763. The van der Waals surface area contributed by atoms with Crippen molar-refractivity contribution in [2.24, 2.45) is 11.8 Å². The van der Waals surface area contributed by atoms with E-state index in [0.717, 1.165) is 42.4 Å². The van der Waals surface area contributed by atoms with E-state index in [1.807, 2.05) is 0 Å². The maximum atomic E-state index is 6.22. The van der Waals surface area contributed by atoms with Crippen molar-refractivity contribution in [3.8, 4) is 0 Å². The fourth-order valence-electron chi connectivity index (χ4n) is 2.87. The number of halogens is 1. The summed E-state index contributed by atoms with van der Waals surface area (Å²) in [5, 5.41) is 4.37. The number of imidazole rings is 1. The second kappa shape index (κ2) is 5.84. The Morgan fingerprint density at radius 3 is 2.58 bits per heavy atom. The molecule has 106 valence electrons. The van der Waals surface area contributed by atoms with Gasteiger partial charge in [-0.15, -0.1) is 0 Å². The monoisotopic (exact) mass is 281 g/mol. The lowest BCUT2D eigenvalue weighted by atomic mass is 10.1. The lowest BCUT2D eigenvalue weighted by Gasteiger charge is -2.16. The molecule has 19 heavy (non-hydrogen) atoms. The van der Waals surface area contributed by atoms with E-state index in [0.29, 0.717) is 5.15 Å². The molecule has 3 rings (SSSR count). The number of aromatic nitrogens is 2. The summed E-state index contributed by atoms with van der Waals surface area (Å²) in [7, 11) is 0. The van der Waals surface area contributed by atoms with Crippen LogP contribution in [-0.4, -0.2) is 16.0 Å². The summed E-state index contributed by atoms with van der Waals surface area (Å²) in [6.07, 6.45) is 9.00. The van der Waals surface area contributed by atoms with Gasteiger partial charge in [-0.05, 0) is 43.9 Å². The molecule has 2 saturated carbocycles. The van der Waals surface area contributed by atoms with Crippen LogP contribution in [0, 0.1) is 11.8 Å². The zero-order valence-corrected chi connectivity index (χ0v) is 12.5. The molecular formula is C15H24ClN3. The molecule has 0 radical (unpaired) electrons. The lowest BCUT2D eigenvalue weighted by Crippen LogP contribution is -2.32. The highest BCUT2D eigenvalue weighted by Gasteiger charge is 2.41. The summed E-state index contributed by atoms with van der Waals surface area (Å²) < 4.78 is 0. The van der Waals surface area contributed by atoms with Crippen LogP contribution in [-0.2, 0) is 13.0 Å². The highest BCUT2D eigenvalue weighted by molar-refractivity contribution is 6.30. The van der Waals surface area contributed by atoms with Gasteiger partial charge >= 0.3 is 0 Å². The van der Waals surface area contributed by atoms with Gasteiger partial charge in [0.1, 0.15) is 5.82 Å². The number of unbranched alkanes of at least 4 members (excludes halogenated alkanes) is 1. The third-order valence-electron chi connectivity index (χ3n) is 4.32. The van der Waals surface area contributed by atoms with E-state index >= 15 is 0 Å². The van der Waals surface area contributed by atoms with Gasteiger partial charge in [-0.25, -0.2) is 4.98 Å². The van der Waals surface area contributed by atoms with Gasteiger partial charge in [0.05, 0.1) is 5.69 Å². The molecule has 4 heteroatoms. The van der Waals surface area contributed by atoms with Crippen LogP contribution in [0.2, 0.25) is 5.15 Å². The Kier molecular flexibility index (Phi) is 4.13. The van der Waals surface area contributed by atoms with E-state index in [2.05, 4.69) is 22.2 Å². The van der Waals surface area contributed by atoms with Crippen LogP contribution in [0.25, 0.3) is 0 Å². The van der Waals surface area contributed by atoms with E-state index in [-0.39, 0.29) is 0 Å².